The molecule has 23 heavy (non-hydrogen) atoms. The molecule has 0 aliphatic carbocycles. The minimum Gasteiger partial charge on any atom is -0.459 e. The highest BCUT2D eigenvalue weighted by atomic mass is 35.5. The molecule has 0 atom stereocenters. The number of nitrogens with one attached hydrogen (secondary N) is 2. The van der Waals surface area contributed by atoms with Crippen LogP contribution in [0.1, 0.15) is 20.9 Å². The maximum atomic E-state index is 11.7. The molecular formula is C14H12ClN3O5. The minimum atomic E-state index is -0.749. The molecule has 0 aliphatic heterocycles. The first-order valence-electron chi connectivity index (χ1n) is 6.32. The van der Waals surface area contributed by atoms with E-state index < -0.39 is 24.4 Å². The molecule has 4 N–H and O–H groups in total. The molecule has 0 saturated heterocycles. The summed E-state index contributed by atoms with van der Waals surface area (Å²) in [4.78, 5) is 34.7. The molecule has 0 bridgehead atoms. The summed E-state index contributed by atoms with van der Waals surface area (Å²) in [6.07, 6.45) is 1.32. The molecule has 120 valence electrons. The minimum absolute atomic E-state index is 0.0268. The molecule has 0 fully saturated rings. The van der Waals surface area contributed by atoms with E-state index in [1.165, 1.54) is 36.6 Å². The number of esters is 1. The van der Waals surface area contributed by atoms with Crippen molar-refractivity contribution in [3.05, 3.63) is 52.9 Å². The first kappa shape index (κ1) is 16.4. The second-order valence-electron chi connectivity index (χ2n) is 4.29. The van der Waals surface area contributed by atoms with Gasteiger partial charge in [-0.25, -0.2) is 4.79 Å². The lowest BCUT2D eigenvalue weighted by molar-refractivity contribution is -0.125. The summed E-state index contributed by atoms with van der Waals surface area (Å²) in [5.74, 6) is -2.08. The average Bonchev–Trinajstić information content (AvgIpc) is 3.07. The zero-order chi connectivity index (χ0) is 16.8. The number of ether oxygens (including phenoxy) is 1. The summed E-state index contributed by atoms with van der Waals surface area (Å²) in [5.41, 5.74) is 10.1. The van der Waals surface area contributed by atoms with Gasteiger partial charge in [-0.1, -0.05) is 11.6 Å². The SMILES string of the molecule is Nc1cc(C(=O)OCC(=O)NNC(=O)c2ccco2)ccc1Cl. The van der Waals surface area contributed by atoms with Gasteiger partial charge in [0.05, 0.1) is 22.5 Å². The van der Waals surface area contributed by atoms with Crippen LogP contribution in [-0.2, 0) is 9.53 Å². The van der Waals surface area contributed by atoms with Gasteiger partial charge in [0, 0.05) is 0 Å². The highest BCUT2D eigenvalue weighted by Gasteiger charge is 2.13. The normalized spacial score (nSPS) is 9.96. The van der Waals surface area contributed by atoms with Crippen molar-refractivity contribution in [2.24, 2.45) is 0 Å². The predicted molar refractivity (Wildman–Crippen MR) is 80.5 cm³/mol. The van der Waals surface area contributed by atoms with Crippen molar-refractivity contribution in [2.75, 3.05) is 12.3 Å². The summed E-state index contributed by atoms with van der Waals surface area (Å²) >= 11 is 5.74. The molecule has 0 radical (unpaired) electrons. The lowest BCUT2D eigenvalue weighted by Gasteiger charge is -2.07. The van der Waals surface area contributed by atoms with Crippen molar-refractivity contribution < 1.29 is 23.5 Å². The summed E-state index contributed by atoms with van der Waals surface area (Å²) in [6.45, 7) is -0.584. The number of anilines is 1. The van der Waals surface area contributed by atoms with Crippen LogP contribution in [0.25, 0.3) is 0 Å². The molecule has 2 amide bonds. The van der Waals surface area contributed by atoms with Crippen LogP contribution >= 0.6 is 11.6 Å². The van der Waals surface area contributed by atoms with Crippen LogP contribution < -0.4 is 16.6 Å². The second-order valence-corrected chi connectivity index (χ2v) is 4.70. The Morgan fingerprint density at radius 2 is 2.00 bits per heavy atom. The number of rotatable bonds is 4. The van der Waals surface area contributed by atoms with Gasteiger partial charge in [0.2, 0.25) is 0 Å². The van der Waals surface area contributed by atoms with Gasteiger partial charge in [-0.3, -0.25) is 20.4 Å². The number of halogens is 1. The van der Waals surface area contributed by atoms with Crippen LogP contribution in [-0.4, -0.2) is 24.4 Å². The predicted octanol–water partition coefficient (Wildman–Crippen LogP) is 1.13. The molecule has 8 nitrogen and oxygen atoms in total. The number of hydrogen-bond acceptors (Lipinski definition) is 6. The molecule has 0 unspecified atom stereocenters. The number of nitrogen functional groups attached to an aromatic ring is 1. The molecular weight excluding hydrogens is 326 g/mol. The Labute approximate surface area is 135 Å². The van der Waals surface area contributed by atoms with Crippen LogP contribution in [0, 0.1) is 0 Å². The van der Waals surface area contributed by atoms with E-state index in [0.717, 1.165) is 0 Å². The number of hydrogen-bond donors (Lipinski definition) is 3. The fourth-order valence-corrected chi connectivity index (χ4v) is 1.63. The topological polar surface area (TPSA) is 124 Å². The lowest BCUT2D eigenvalue weighted by Crippen LogP contribution is -2.43. The van der Waals surface area contributed by atoms with Gasteiger partial charge in [-0.15, -0.1) is 0 Å². The van der Waals surface area contributed by atoms with Gasteiger partial charge in [-0.05, 0) is 30.3 Å². The number of benzene rings is 1. The van der Waals surface area contributed by atoms with Crippen molar-refractivity contribution in [1.29, 1.82) is 0 Å². The van der Waals surface area contributed by atoms with Crippen molar-refractivity contribution in [3.63, 3.8) is 0 Å². The highest BCUT2D eigenvalue weighted by molar-refractivity contribution is 6.33. The van der Waals surface area contributed by atoms with Crippen LogP contribution in [0.15, 0.2) is 41.0 Å². The third-order valence-corrected chi connectivity index (χ3v) is 2.97. The van der Waals surface area contributed by atoms with E-state index in [-0.39, 0.29) is 17.0 Å². The van der Waals surface area contributed by atoms with E-state index in [9.17, 15) is 14.4 Å². The Kier molecular flexibility index (Phi) is 5.21. The van der Waals surface area contributed by atoms with E-state index in [2.05, 4.69) is 10.9 Å². The highest BCUT2D eigenvalue weighted by Crippen LogP contribution is 2.19. The van der Waals surface area contributed by atoms with Gasteiger partial charge in [0.1, 0.15) is 0 Å². The van der Waals surface area contributed by atoms with E-state index in [0.29, 0.717) is 5.02 Å². The zero-order valence-electron chi connectivity index (χ0n) is 11.7. The molecule has 0 aliphatic rings. The third-order valence-electron chi connectivity index (χ3n) is 2.63. The first-order chi connectivity index (χ1) is 11.0. The molecule has 0 spiro atoms. The van der Waals surface area contributed by atoms with E-state index >= 15 is 0 Å². The van der Waals surface area contributed by atoms with Crippen LogP contribution in [0.3, 0.4) is 0 Å². The number of amides is 2. The Bertz CT molecular complexity index is 730. The van der Waals surface area contributed by atoms with Gasteiger partial charge >= 0.3 is 11.9 Å². The fourth-order valence-electron chi connectivity index (χ4n) is 1.52. The van der Waals surface area contributed by atoms with Gasteiger partial charge < -0.3 is 14.9 Å². The van der Waals surface area contributed by atoms with Crippen molar-refractivity contribution >= 4 is 35.1 Å². The summed E-state index contributed by atoms with van der Waals surface area (Å²) in [5, 5.41) is 0.305. The Morgan fingerprint density at radius 3 is 2.65 bits per heavy atom. The number of carbonyl (C=O) groups excluding carboxylic acids is 3. The first-order valence-corrected chi connectivity index (χ1v) is 6.70. The maximum Gasteiger partial charge on any atom is 0.338 e. The lowest BCUT2D eigenvalue weighted by atomic mass is 10.2. The Balaban J connectivity index is 1.78. The van der Waals surface area contributed by atoms with E-state index in [1.54, 1.807) is 0 Å². The van der Waals surface area contributed by atoms with Crippen LogP contribution in [0.2, 0.25) is 5.02 Å². The van der Waals surface area contributed by atoms with Gasteiger partial charge in [0.15, 0.2) is 12.4 Å². The van der Waals surface area contributed by atoms with Crippen LogP contribution in [0.4, 0.5) is 5.69 Å². The largest absolute Gasteiger partial charge is 0.459 e. The molecule has 9 heteroatoms. The summed E-state index contributed by atoms with van der Waals surface area (Å²) < 4.78 is 9.62. The second kappa shape index (κ2) is 7.32. The van der Waals surface area contributed by atoms with Crippen molar-refractivity contribution in [1.82, 2.24) is 10.9 Å². The number of nitrogens with two attached hydrogens (primary N) is 1. The van der Waals surface area contributed by atoms with Crippen LogP contribution in [0.5, 0.6) is 0 Å². The number of furan rings is 1. The molecule has 1 heterocycles. The maximum absolute atomic E-state index is 11.7. The number of hydrazine groups is 1. The molecule has 1 aromatic heterocycles. The monoisotopic (exact) mass is 337 g/mol. The molecule has 2 aromatic rings. The average molecular weight is 338 g/mol. The fraction of sp³-hybridized carbons (Fsp3) is 0.0714. The molecule has 0 saturated carbocycles. The van der Waals surface area contributed by atoms with E-state index in [1.807, 2.05) is 0 Å². The Hall–Kier alpha value is -3.00. The molecule has 1 aromatic carbocycles. The van der Waals surface area contributed by atoms with Crippen molar-refractivity contribution in [3.8, 4) is 0 Å². The zero-order valence-corrected chi connectivity index (χ0v) is 12.4. The third kappa shape index (κ3) is 4.48. The molecule has 2 rings (SSSR count). The van der Waals surface area contributed by atoms with Gasteiger partial charge in [-0.2, -0.15) is 0 Å². The summed E-state index contributed by atoms with van der Waals surface area (Å²) in [7, 11) is 0. The van der Waals surface area contributed by atoms with Gasteiger partial charge in [0.25, 0.3) is 5.91 Å². The summed E-state index contributed by atoms with van der Waals surface area (Å²) in [6, 6.07) is 7.14. The number of carbonyl (C=O) groups is 3. The smallest absolute Gasteiger partial charge is 0.338 e. The van der Waals surface area contributed by atoms with Crippen molar-refractivity contribution in [2.45, 2.75) is 0 Å². The standard InChI is InChI=1S/C14H12ClN3O5/c15-9-4-3-8(6-10(9)16)14(21)23-7-12(19)17-18-13(20)11-2-1-5-22-11/h1-6H,7,16H2,(H,17,19)(H,18,20). The Morgan fingerprint density at radius 1 is 1.22 bits per heavy atom. The quantitative estimate of drug-likeness (QED) is 0.436. The van der Waals surface area contributed by atoms with E-state index in [4.69, 9.17) is 26.5 Å².